The van der Waals surface area contributed by atoms with E-state index in [2.05, 4.69) is 10.3 Å². The predicted molar refractivity (Wildman–Crippen MR) is 78.5 cm³/mol. The van der Waals surface area contributed by atoms with E-state index in [4.69, 9.17) is 23.2 Å². The molecule has 2 nitrogen and oxygen atoms in total. The van der Waals surface area contributed by atoms with Crippen molar-refractivity contribution in [2.45, 2.75) is 26.4 Å². The molecule has 1 aromatic heterocycles. The molecule has 0 radical (unpaired) electrons. The second kappa shape index (κ2) is 6.18. The minimum Gasteiger partial charge on any atom is -0.304 e. The average molecular weight is 319 g/mol. The number of nitrogens with zero attached hydrogens (tertiary/aromatic N) is 1. The van der Waals surface area contributed by atoms with Crippen molar-refractivity contribution >= 4 is 34.5 Å². The highest BCUT2D eigenvalue weighted by Gasteiger charge is 2.13. The lowest BCUT2D eigenvalue weighted by Gasteiger charge is -2.15. The molecule has 0 aliphatic rings. The van der Waals surface area contributed by atoms with Crippen molar-refractivity contribution in [2.24, 2.45) is 0 Å². The van der Waals surface area contributed by atoms with E-state index in [1.165, 1.54) is 17.0 Å². The first-order chi connectivity index (χ1) is 8.97. The van der Waals surface area contributed by atoms with E-state index in [9.17, 15) is 4.39 Å². The normalized spacial score (nSPS) is 12.7. The molecule has 0 aliphatic heterocycles. The van der Waals surface area contributed by atoms with Crippen molar-refractivity contribution in [2.75, 3.05) is 0 Å². The van der Waals surface area contributed by atoms with Gasteiger partial charge < -0.3 is 5.32 Å². The lowest BCUT2D eigenvalue weighted by molar-refractivity contribution is 0.564. The number of hydrogen-bond acceptors (Lipinski definition) is 3. The van der Waals surface area contributed by atoms with Crippen molar-refractivity contribution in [3.8, 4) is 0 Å². The van der Waals surface area contributed by atoms with Gasteiger partial charge in [0.05, 0.1) is 5.02 Å². The number of halogens is 3. The summed E-state index contributed by atoms with van der Waals surface area (Å²) >= 11 is 13.4. The summed E-state index contributed by atoms with van der Waals surface area (Å²) in [5, 5.41) is 4.76. The van der Waals surface area contributed by atoms with E-state index in [0.29, 0.717) is 17.1 Å². The fourth-order valence-corrected chi connectivity index (χ4v) is 2.99. The first-order valence-corrected chi connectivity index (χ1v) is 7.33. The van der Waals surface area contributed by atoms with Crippen molar-refractivity contribution < 1.29 is 4.39 Å². The van der Waals surface area contributed by atoms with Crippen LogP contribution in [-0.4, -0.2) is 4.98 Å². The van der Waals surface area contributed by atoms with Gasteiger partial charge in [0.2, 0.25) is 0 Å². The summed E-state index contributed by atoms with van der Waals surface area (Å²) in [7, 11) is 0. The summed E-state index contributed by atoms with van der Waals surface area (Å²) in [6.45, 7) is 4.56. The van der Waals surface area contributed by atoms with Crippen LogP contribution in [0.1, 0.15) is 28.4 Å². The minimum absolute atomic E-state index is 0.0384. The molecule has 6 heteroatoms. The number of nitrogens with one attached hydrogen (secondary N) is 1. The summed E-state index contributed by atoms with van der Waals surface area (Å²) in [5.74, 6) is -0.459. The smallest absolute Gasteiger partial charge is 0.142 e. The Morgan fingerprint density at radius 3 is 2.74 bits per heavy atom. The lowest BCUT2D eigenvalue weighted by atomic mass is 10.1. The van der Waals surface area contributed by atoms with E-state index < -0.39 is 5.82 Å². The molecule has 1 N–H and O–H groups in total. The largest absolute Gasteiger partial charge is 0.304 e. The van der Waals surface area contributed by atoms with Crippen LogP contribution >= 0.6 is 34.5 Å². The summed E-state index contributed by atoms with van der Waals surface area (Å²) in [6.07, 6.45) is 1.83. The Labute approximate surface area is 125 Å². The second-order valence-electron chi connectivity index (χ2n) is 4.26. The number of hydrogen-bond donors (Lipinski definition) is 1. The number of aryl methyl sites for hydroxylation is 1. The molecule has 0 spiro atoms. The minimum atomic E-state index is -0.459. The standard InChI is InChI=1S/C13H13Cl2FN2S/c1-7-5-18-13(19-7)6-17-8(2)9-3-12(16)11(15)4-10(9)14/h3-5,8,17H,6H2,1-2H3. The molecule has 0 amide bonds. The third-order valence-corrected chi connectivity index (χ3v) is 4.26. The molecule has 1 heterocycles. The predicted octanol–water partition coefficient (Wildman–Crippen LogP) is 4.75. The highest BCUT2D eigenvalue weighted by Crippen LogP contribution is 2.28. The highest BCUT2D eigenvalue weighted by atomic mass is 35.5. The molecule has 1 atom stereocenters. The zero-order valence-corrected chi connectivity index (χ0v) is 12.8. The fourth-order valence-electron chi connectivity index (χ4n) is 1.70. The molecule has 1 aromatic carbocycles. The van der Waals surface area contributed by atoms with Crippen LogP contribution in [-0.2, 0) is 6.54 Å². The fraction of sp³-hybridized carbons (Fsp3) is 0.308. The van der Waals surface area contributed by atoms with Gasteiger partial charge in [-0.3, -0.25) is 0 Å². The Morgan fingerprint density at radius 2 is 2.11 bits per heavy atom. The third-order valence-electron chi connectivity index (χ3n) is 2.73. The molecule has 0 bridgehead atoms. The summed E-state index contributed by atoms with van der Waals surface area (Å²) in [6, 6.07) is 2.72. The van der Waals surface area contributed by atoms with Crippen LogP contribution in [0.25, 0.3) is 0 Å². The van der Waals surface area contributed by atoms with Crippen LogP contribution in [0, 0.1) is 12.7 Å². The summed E-state index contributed by atoms with van der Waals surface area (Å²) in [5.41, 5.74) is 0.692. The van der Waals surface area contributed by atoms with Crippen LogP contribution in [0.15, 0.2) is 18.3 Å². The Hall–Kier alpha value is -0.680. The molecule has 102 valence electrons. The zero-order chi connectivity index (χ0) is 14.0. The highest BCUT2D eigenvalue weighted by molar-refractivity contribution is 7.11. The Morgan fingerprint density at radius 1 is 1.37 bits per heavy atom. The van der Waals surface area contributed by atoms with Gasteiger partial charge in [-0.25, -0.2) is 9.37 Å². The molecule has 0 aliphatic carbocycles. The number of benzene rings is 1. The molecule has 0 saturated heterocycles. The van der Waals surface area contributed by atoms with E-state index >= 15 is 0 Å². The Balaban J connectivity index is 2.07. The van der Waals surface area contributed by atoms with E-state index in [-0.39, 0.29) is 11.1 Å². The second-order valence-corrected chi connectivity index (χ2v) is 6.39. The molecule has 1 unspecified atom stereocenters. The monoisotopic (exact) mass is 318 g/mol. The van der Waals surface area contributed by atoms with Crippen molar-refractivity contribution in [1.29, 1.82) is 0 Å². The first kappa shape index (κ1) is 14.7. The number of thiazole rings is 1. The molecular formula is C13H13Cl2FN2S. The Bertz CT molecular complexity index is 586. The van der Waals surface area contributed by atoms with Gasteiger partial charge in [0, 0.05) is 28.7 Å². The maximum Gasteiger partial charge on any atom is 0.142 e. The van der Waals surface area contributed by atoms with Gasteiger partial charge in [-0.1, -0.05) is 23.2 Å². The van der Waals surface area contributed by atoms with Crippen LogP contribution in [0.2, 0.25) is 10.0 Å². The lowest BCUT2D eigenvalue weighted by Crippen LogP contribution is -2.18. The summed E-state index contributed by atoms with van der Waals surface area (Å²) in [4.78, 5) is 5.43. The Kier molecular flexibility index (Phi) is 4.79. The van der Waals surface area contributed by atoms with Gasteiger partial charge in [-0.05, 0) is 31.5 Å². The molecule has 2 rings (SSSR count). The first-order valence-electron chi connectivity index (χ1n) is 5.76. The van der Waals surface area contributed by atoms with Crippen LogP contribution in [0.3, 0.4) is 0 Å². The molecule has 0 saturated carbocycles. The van der Waals surface area contributed by atoms with Gasteiger partial charge in [0.15, 0.2) is 0 Å². The number of rotatable bonds is 4. The molecule has 0 fully saturated rings. The van der Waals surface area contributed by atoms with Crippen LogP contribution in [0.4, 0.5) is 4.39 Å². The molecular weight excluding hydrogens is 306 g/mol. The zero-order valence-electron chi connectivity index (χ0n) is 10.5. The van der Waals surface area contributed by atoms with Gasteiger partial charge in [0.25, 0.3) is 0 Å². The van der Waals surface area contributed by atoms with Crippen molar-refractivity contribution in [3.05, 3.63) is 49.6 Å². The maximum atomic E-state index is 13.5. The third kappa shape index (κ3) is 3.66. The van der Waals surface area contributed by atoms with Crippen LogP contribution in [0.5, 0.6) is 0 Å². The van der Waals surface area contributed by atoms with Gasteiger partial charge in [0.1, 0.15) is 10.8 Å². The van der Waals surface area contributed by atoms with Crippen molar-refractivity contribution in [1.82, 2.24) is 10.3 Å². The van der Waals surface area contributed by atoms with Gasteiger partial charge in [-0.15, -0.1) is 11.3 Å². The van der Waals surface area contributed by atoms with Crippen molar-refractivity contribution in [3.63, 3.8) is 0 Å². The molecule has 2 aromatic rings. The van der Waals surface area contributed by atoms with E-state index in [1.807, 2.05) is 20.0 Å². The van der Waals surface area contributed by atoms with Gasteiger partial charge >= 0.3 is 0 Å². The maximum absolute atomic E-state index is 13.5. The topological polar surface area (TPSA) is 24.9 Å². The van der Waals surface area contributed by atoms with Gasteiger partial charge in [-0.2, -0.15) is 0 Å². The molecule has 19 heavy (non-hydrogen) atoms. The summed E-state index contributed by atoms with van der Waals surface area (Å²) < 4.78 is 13.5. The van der Waals surface area contributed by atoms with E-state index in [1.54, 1.807) is 11.3 Å². The van der Waals surface area contributed by atoms with Crippen LogP contribution < -0.4 is 5.32 Å². The van der Waals surface area contributed by atoms with E-state index in [0.717, 1.165) is 5.01 Å². The number of aromatic nitrogens is 1. The SMILES string of the molecule is Cc1cnc(CNC(C)c2cc(F)c(Cl)cc2Cl)s1. The quantitative estimate of drug-likeness (QED) is 0.823. The average Bonchev–Trinajstić information content (AvgIpc) is 2.77.